The van der Waals surface area contributed by atoms with Gasteiger partial charge >= 0.3 is 5.97 Å². The van der Waals surface area contributed by atoms with E-state index in [1.54, 1.807) is 6.07 Å². The summed E-state index contributed by atoms with van der Waals surface area (Å²) in [5, 5.41) is 20.2. The van der Waals surface area contributed by atoms with Crippen molar-refractivity contribution in [1.29, 1.82) is 0 Å². The number of hydrogen-bond acceptors (Lipinski definition) is 7. The summed E-state index contributed by atoms with van der Waals surface area (Å²) in [5.74, 6) is -1.12. The van der Waals surface area contributed by atoms with Gasteiger partial charge in [-0.25, -0.2) is 4.98 Å². The molecule has 10 heteroatoms. The van der Waals surface area contributed by atoms with E-state index >= 15 is 0 Å². The first-order chi connectivity index (χ1) is 17.4. The molecule has 184 valence electrons. The zero-order chi connectivity index (χ0) is 24.9. The van der Waals surface area contributed by atoms with Crippen LogP contribution in [-0.4, -0.2) is 68.3 Å². The topological polar surface area (TPSA) is 127 Å². The number of benzene rings is 2. The molecule has 4 aromatic rings. The van der Waals surface area contributed by atoms with Crippen LogP contribution in [0.5, 0.6) is 6.01 Å². The van der Waals surface area contributed by atoms with Gasteiger partial charge in [0, 0.05) is 5.56 Å². The molecule has 9 nitrogen and oxygen atoms in total. The van der Waals surface area contributed by atoms with Gasteiger partial charge in [-0.2, -0.15) is 4.98 Å². The number of nitrogens with zero attached hydrogens (tertiary/aromatic N) is 2. The highest BCUT2D eigenvalue weighted by Gasteiger charge is 2.57. The van der Waals surface area contributed by atoms with Crippen molar-refractivity contribution < 1.29 is 29.2 Å². The monoisotopic (exact) mass is 507 g/mol. The maximum absolute atomic E-state index is 11.1. The number of aliphatic hydroxyl groups is 1. The molecule has 0 amide bonds. The van der Waals surface area contributed by atoms with E-state index in [1.807, 2.05) is 42.5 Å². The second-order valence-corrected chi connectivity index (χ2v) is 9.44. The van der Waals surface area contributed by atoms with Crippen LogP contribution >= 0.6 is 11.6 Å². The number of pyridine rings is 1. The number of aromatic nitrogens is 3. The number of imidazole rings is 1. The Morgan fingerprint density at radius 1 is 1.08 bits per heavy atom. The molecule has 0 aliphatic carbocycles. The van der Waals surface area contributed by atoms with Crippen LogP contribution in [0.3, 0.4) is 0 Å². The maximum atomic E-state index is 11.1. The van der Waals surface area contributed by atoms with Gasteiger partial charge in [0.2, 0.25) is 0 Å². The number of carbonyl (C=O) groups is 1. The quantitative estimate of drug-likeness (QED) is 0.360. The Bertz CT molecular complexity index is 1430. The number of aliphatic carboxylic acids is 1. The van der Waals surface area contributed by atoms with E-state index < -0.39 is 36.3 Å². The Morgan fingerprint density at radius 3 is 2.56 bits per heavy atom. The summed E-state index contributed by atoms with van der Waals surface area (Å²) in [6.07, 6.45) is -2.44. The predicted molar refractivity (Wildman–Crippen MR) is 131 cm³/mol. The Morgan fingerprint density at radius 2 is 1.81 bits per heavy atom. The third-order valence-electron chi connectivity index (χ3n) is 6.55. The molecule has 4 heterocycles. The van der Waals surface area contributed by atoms with Crippen LogP contribution < -0.4 is 4.74 Å². The molecule has 0 saturated carbocycles. The van der Waals surface area contributed by atoms with Gasteiger partial charge in [0.25, 0.3) is 6.01 Å². The van der Waals surface area contributed by atoms with Crippen molar-refractivity contribution in [1.82, 2.24) is 15.0 Å². The van der Waals surface area contributed by atoms with Gasteiger partial charge in [0.1, 0.15) is 17.8 Å². The fraction of sp³-hybridized carbons (Fsp3) is 0.269. The molecule has 0 unspecified atom stereocenters. The minimum Gasteiger partial charge on any atom is -0.481 e. The van der Waals surface area contributed by atoms with Crippen molar-refractivity contribution in [2.75, 3.05) is 13.2 Å². The highest BCUT2D eigenvalue weighted by Crippen LogP contribution is 2.38. The third kappa shape index (κ3) is 4.10. The van der Waals surface area contributed by atoms with Gasteiger partial charge < -0.3 is 29.4 Å². The van der Waals surface area contributed by atoms with E-state index in [9.17, 15) is 9.90 Å². The van der Waals surface area contributed by atoms with E-state index in [-0.39, 0.29) is 19.2 Å². The molecule has 0 bridgehead atoms. The average molecular weight is 508 g/mol. The predicted octanol–water partition coefficient (Wildman–Crippen LogP) is 3.70. The molecular weight excluding hydrogens is 486 g/mol. The Balaban J connectivity index is 1.22. The van der Waals surface area contributed by atoms with Gasteiger partial charge in [-0.15, -0.1) is 0 Å². The van der Waals surface area contributed by atoms with E-state index in [4.69, 9.17) is 30.9 Å². The fourth-order valence-corrected chi connectivity index (χ4v) is 5.08. The first kappa shape index (κ1) is 22.9. The number of hydrogen-bond donors (Lipinski definition) is 3. The Kier molecular flexibility index (Phi) is 5.65. The minimum absolute atomic E-state index is 0.126. The smallest absolute Gasteiger partial charge is 0.306 e. The number of aromatic amines is 1. The average Bonchev–Trinajstić information content (AvgIpc) is 3.54. The van der Waals surface area contributed by atoms with Crippen LogP contribution in [0.1, 0.15) is 6.42 Å². The molecule has 2 fully saturated rings. The Hall–Kier alpha value is -3.50. The summed E-state index contributed by atoms with van der Waals surface area (Å²) in [5.41, 5.74) is 3.11. The lowest BCUT2D eigenvalue weighted by molar-refractivity contribution is -0.147. The number of H-pyrrole nitrogens is 1. The lowest BCUT2D eigenvalue weighted by Gasteiger charge is -2.24. The number of halogens is 1. The van der Waals surface area contributed by atoms with Crippen LogP contribution in [0.25, 0.3) is 33.5 Å². The first-order valence-corrected chi connectivity index (χ1v) is 11.8. The summed E-state index contributed by atoms with van der Waals surface area (Å²) >= 11 is 6.55. The third-order valence-corrected chi connectivity index (χ3v) is 6.84. The summed E-state index contributed by atoms with van der Waals surface area (Å²) in [6.45, 7) is -0.0142. The van der Waals surface area contributed by atoms with Gasteiger partial charge in [-0.3, -0.25) is 4.79 Å². The van der Waals surface area contributed by atoms with Crippen molar-refractivity contribution in [2.24, 2.45) is 0 Å². The van der Waals surface area contributed by atoms with Crippen LogP contribution in [0.2, 0.25) is 5.02 Å². The van der Waals surface area contributed by atoms with Gasteiger partial charge in [-0.05, 0) is 17.2 Å². The zero-order valence-electron chi connectivity index (χ0n) is 18.9. The van der Waals surface area contributed by atoms with E-state index in [1.165, 1.54) is 0 Å². The van der Waals surface area contributed by atoms with Crippen LogP contribution in [0.4, 0.5) is 0 Å². The van der Waals surface area contributed by atoms with Gasteiger partial charge in [-0.1, -0.05) is 66.2 Å². The Labute approximate surface area is 210 Å². The number of nitrogens with one attached hydrogen (secondary N) is 1. The van der Waals surface area contributed by atoms with Crippen LogP contribution in [0.15, 0.2) is 60.7 Å². The molecule has 3 N–H and O–H groups in total. The van der Waals surface area contributed by atoms with E-state index in [0.29, 0.717) is 21.9 Å². The molecule has 2 aromatic carbocycles. The molecule has 6 rings (SSSR count). The molecule has 2 aliphatic rings. The highest BCUT2D eigenvalue weighted by molar-refractivity contribution is 6.33. The molecule has 2 saturated heterocycles. The molecule has 4 atom stereocenters. The maximum Gasteiger partial charge on any atom is 0.306 e. The van der Waals surface area contributed by atoms with Crippen LogP contribution in [-0.2, 0) is 14.3 Å². The number of ether oxygens (including phenoxy) is 3. The number of carboxylic acid groups (broad SMARTS) is 1. The normalized spacial score (nSPS) is 25.2. The van der Waals surface area contributed by atoms with Crippen molar-refractivity contribution in [2.45, 2.75) is 30.3 Å². The van der Waals surface area contributed by atoms with E-state index in [0.717, 1.165) is 16.7 Å². The standard InChI is InChI=1S/C26H22ClN3O6/c27-17-10-18-24(29-21(17)16-8-6-15(7-9-16)14-4-2-1-3-5-14)30-25(28-18)36-19-12-34-23-22(19)35-13-26(23,33)11-20(31)32/h1-10,19,22-23,33H,11-13H2,(H,31,32)(H,28,29,30)/t19-,22-,23+,26-/m1/s1. The largest absolute Gasteiger partial charge is 0.481 e. The summed E-state index contributed by atoms with van der Waals surface area (Å²) < 4.78 is 17.3. The zero-order valence-corrected chi connectivity index (χ0v) is 19.7. The molecule has 0 spiro atoms. The number of carboxylic acids is 1. The fourth-order valence-electron chi connectivity index (χ4n) is 4.82. The number of fused-ring (bicyclic) bond motifs is 2. The summed E-state index contributed by atoms with van der Waals surface area (Å²) in [4.78, 5) is 23.3. The van der Waals surface area contributed by atoms with Crippen LogP contribution in [0, 0.1) is 0 Å². The van der Waals surface area contributed by atoms with Crippen molar-refractivity contribution >= 4 is 28.7 Å². The lowest BCUT2D eigenvalue weighted by atomic mass is 9.93. The first-order valence-electron chi connectivity index (χ1n) is 11.5. The van der Waals surface area contributed by atoms with Crippen molar-refractivity contribution in [3.8, 4) is 28.4 Å². The van der Waals surface area contributed by atoms with E-state index in [2.05, 4.69) is 27.1 Å². The molecule has 2 aromatic heterocycles. The SMILES string of the molecule is O=C(O)C[C@@]1(O)CO[C@@H]2[C@H](Oc3nc4nc(-c5ccc(-c6ccccc6)cc5)c(Cl)cc4[nH]3)CO[C@@H]21. The number of rotatable bonds is 6. The second-order valence-electron chi connectivity index (χ2n) is 9.04. The second kappa shape index (κ2) is 8.86. The van der Waals surface area contributed by atoms with Crippen molar-refractivity contribution in [3.63, 3.8) is 0 Å². The molecular formula is C26H22ClN3O6. The van der Waals surface area contributed by atoms with Crippen molar-refractivity contribution in [3.05, 3.63) is 65.7 Å². The minimum atomic E-state index is -1.59. The molecule has 2 aliphatic heterocycles. The van der Waals surface area contributed by atoms with Gasteiger partial charge in [0.15, 0.2) is 11.8 Å². The summed E-state index contributed by atoms with van der Waals surface area (Å²) in [7, 11) is 0. The lowest BCUT2D eigenvalue weighted by Crippen LogP contribution is -2.45. The van der Waals surface area contributed by atoms with Gasteiger partial charge in [0.05, 0.1) is 35.9 Å². The highest BCUT2D eigenvalue weighted by atomic mass is 35.5. The molecule has 36 heavy (non-hydrogen) atoms. The summed E-state index contributed by atoms with van der Waals surface area (Å²) in [6, 6.07) is 20.0. The molecule has 0 radical (unpaired) electrons.